The van der Waals surface area contributed by atoms with Crippen molar-refractivity contribution in [3.05, 3.63) is 24.3 Å². The van der Waals surface area contributed by atoms with E-state index in [9.17, 15) is 14.7 Å². The third-order valence-electron chi connectivity index (χ3n) is 9.10. The molecular formula is C26H35N3O3. The molecule has 6 aliphatic rings. The Balaban J connectivity index is 1.12. The Morgan fingerprint density at radius 2 is 1.44 bits per heavy atom. The zero-order valence-corrected chi connectivity index (χ0v) is 18.9. The molecule has 2 amide bonds. The lowest BCUT2D eigenvalue weighted by molar-refractivity contribution is -0.162. The van der Waals surface area contributed by atoms with E-state index in [4.69, 9.17) is 0 Å². The maximum Gasteiger partial charge on any atom is 0.245 e. The monoisotopic (exact) mass is 437 g/mol. The fraction of sp³-hybridized carbons (Fsp3) is 0.692. The Hall–Kier alpha value is -2.24. The van der Waals surface area contributed by atoms with E-state index in [1.54, 1.807) is 12.1 Å². The highest BCUT2D eigenvalue weighted by atomic mass is 16.3. The molecule has 1 aromatic carbocycles. The molecule has 7 rings (SSSR count). The molecule has 4 aliphatic carbocycles. The van der Waals surface area contributed by atoms with Gasteiger partial charge in [0.2, 0.25) is 11.8 Å². The summed E-state index contributed by atoms with van der Waals surface area (Å²) in [6, 6.07) is 7.01. The number of carbonyl (C=O) groups is 2. The summed E-state index contributed by atoms with van der Waals surface area (Å²) in [5.74, 6) is 2.98. The van der Waals surface area contributed by atoms with E-state index in [2.05, 4.69) is 4.90 Å². The zero-order chi connectivity index (χ0) is 21.9. The fourth-order valence-corrected chi connectivity index (χ4v) is 8.00. The molecule has 0 aromatic heterocycles. The first kappa shape index (κ1) is 20.4. The van der Waals surface area contributed by atoms with Gasteiger partial charge in [0.1, 0.15) is 11.8 Å². The minimum atomic E-state index is -0.254. The Morgan fingerprint density at radius 3 is 2.03 bits per heavy atom. The molecule has 1 atom stereocenters. The molecule has 6 fully saturated rings. The second-order valence-electron chi connectivity index (χ2n) is 11.2. The number of nitrogens with zero attached hydrogens (tertiary/aromatic N) is 3. The number of piperazine rings is 1. The summed E-state index contributed by atoms with van der Waals surface area (Å²) in [6.45, 7) is 3.70. The molecule has 1 aromatic rings. The molecule has 4 bridgehead atoms. The van der Waals surface area contributed by atoms with E-state index >= 15 is 0 Å². The minimum absolute atomic E-state index is 0.158. The van der Waals surface area contributed by atoms with E-state index < -0.39 is 0 Å². The van der Waals surface area contributed by atoms with Crippen LogP contribution in [0.2, 0.25) is 0 Å². The molecule has 6 nitrogen and oxygen atoms in total. The van der Waals surface area contributed by atoms with Crippen LogP contribution in [0, 0.1) is 23.2 Å². The standard InChI is InChI=1S/C26H35N3O3/c30-22-5-3-21(4-6-22)27-8-10-28(11-9-27)24(31)23-2-1-7-29(23)25(32)26-15-18-12-19(16-26)14-20(13-18)17-26/h3-6,18-20,23,30H,1-2,7-17H2. The van der Waals surface area contributed by atoms with E-state index in [0.717, 1.165) is 75.2 Å². The van der Waals surface area contributed by atoms with Crippen LogP contribution in [-0.4, -0.2) is 65.5 Å². The van der Waals surface area contributed by atoms with Crippen LogP contribution >= 0.6 is 0 Å². The van der Waals surface area contributed by atoms with E-state index in [-0.39, 0.29) is 23.1 Å². The van der Waals surface area contributed by atoms with Gasteiger partial charge in [0.05, 0.1) is 5.41 Å². The number of rotatable bonds is 3. The number of amides is 2. The summed E-state index contributed by atoms with van der Waals surface area (Å²) in [6.07, 6.45) is 8.97. The van der Waals surface area contributed by atoms with Gasteiger partial charge < -0.3 is 19.8 Å². The first-order chi connectivity index (χ1) is 15.5. The maximum absolute atomic E-state index is 13.9. The van der Waals surface area contributed by atoms with Crippen LogP contribution in [0.5, 0.6) is 5.75 Å². The summed E-state index contributed by atoms with van der Waals surface area (Å²) in [4.78, 5) is 33.6. The maximum atomic E-state index is 13.9. The smallest absolute Gasteiger partial charge is 0.245 e. The summed E-state index contributed by atoms with van der Waals surface area (Å²) < 4.78 is 0. The van der Waals surface area contributed by atoms with Crippen LogP contribution in [0.4, 0.5) is 5.69 Å². The van der Waals surface area contributed by atoms with Gasteiger partial charge in [-0.3, -0.25) is 9.59 Å². The van der Waals surface area contributed by atoms with Gasteiger partial charge in [-0.15, -0.1) is 0 Å². The number of phenolic OH excluding ortho intramolecular Hbond substituents is 1. The topological polar surface area (TPSA) is 64.1 Å². The molecule has 1 unspecified atom stereocenters. The van der Waals surface area contributed by atoms with Crippen LogP contribution in [-0.2, 0) is 9.59 Å². The Morgan fingerprint density at radius 1 is 0.844 bits per heavy atom. The average Bonchev–Trinajstić information content (AvgIpc) is 3.27. The van der Waals surface area contributed by atoms with Gasteiger partial charge in [0.15, 0.2) is 0 Å². The summed E-state index contributed by atoms with van der Waals surface area (Å²) in [7, 11) is 0. The third-order valence-corrected chi connectivity index (χ3v) is 9.10. The highest BCUT2D eigenvalue weighted by molar-refractivity contribution is 5.91. The molecule has 4 saturated carbocycles. The molecule has 172 valence electrons. The quantitative estimate of drug-likeness (QED) is 0.789. The summed E-state index contributed by atoms with van der Waals surface area (Å²) in [5, 5.41) is 9.52. The number of hydrogen-bond donors (Lipinski definition) is 1. The predicted molar refractivity (Wildman–Crippen MR) is 122 cm³/mol. The number of anilines is 1. The van der Waals surface area contributed by atoms with Crippen LogP contribution in [0.15, 0.2) is 24.3 Å². The first-order valence-corrected chi connectivity index (χ1v) is 12.6. The lowest BCUT2D eigenvalue weighted by Gasteiger charge is -2.56. The molecule has 2 saturated heterocycles. The second-order valence-corrected chi connectivity index (χ2v) is 11.2. The van der Waals surface area contributed by atoms with Gasteiger partial charge in [-0.1, -0.05) is 0 Å². The van der Waals surface area contributed by atoms with Gasteiger partial charge in [-0.2, -0.15) is 0 Å². The zero-order valence-electron chi connectivity index (χ0n) is 18.9. The van der Waals surface area contributed by atoms with Gasteiger partial charge >= 0.3 is 0 Å². The molecule has 0 spiro atoms. The van der Waals surface area contributed by atoms with Crippen LogP contribution in [0.1, 0.15) is 51.4 Å². The van der Waals surface area contributed by atoms with E-state index in [0.29, 0.717) is 19.0 Å². The normalized spacial score (nSPS) is 36.1. The van der Waals surface area contributed by atoms with Crippen molar-refractivity contribution in [3.63, 3.8) is 0 Å². The van der Waals surface area contributed by atoms with Gasteiger partial charge in [-0.25, -0.2) is 0 Å². The summed E-state index contributed by atoms with van der Waals surface area (Å²) >= 11 is 0. The van der Waals surface area contributed by atoms with Gasteiger partial charge in [0, 0.05) is 38.4 Å². The minimum Gasteiger partial charge on any atom is -0.508 e. The molecule has 6 heteroatoms. The van der Waals surface area contributed by atoms with Crippen LogP contribution in [0.25, 0.3) is 0 Å². The van der Waals surface area contributed by atoms with Crippen molar-refractivity contribution in [2.75, 3.05) is 37.6 Å². The van der Waals surface area contributed by atoms with Gasteiger partial charge in [0.25, 0.3) is 0 Å². The lowest BCUT2D eigenvalue weighted by Crippen LogP contribution is -2.59. The molecule has 0 radical (unpaired) electrons. The summed E-state index contributed by atoms with van der Waals surface area (Å²) in [5.41, 5.74) is 0.921. The molecule has 1 N–H and O–H groups in total. The van der Waals surface area contributed by atoms with Crippen molar-refractivity contribution in [2.24, 2.45) is 23.2 Å². The van der Waals surface area contributed by atoms with Crippen LogP contribution in [0.3, 0.4) is 0 Å². The number of hydrogen-bond acceptors (Lipinski definition) is 4. The fourth-order valence-electron chi connectivity index (χ4n) is 8.00. The Bertz CT molecular complexity index is 855. The highest BCUT2D eigenvalue weighted by Gasteiger charge is 2.57. The van der Waals surface area contributed by atoms with Crippen molar-refractivity contribution < 1.29 is 14.7 Å². The Kier molecular flexibility index (Phi) is 4.88. The van der Waals surface area contributed by atoms with E-state index in [1.165, 1.54) is 19.3 Å². The largest absolute Gasteiger partial charge is 0.508 e. The highest BCUT2D eigenvalue weighted by Crippen LogP contribution is 2.60. The van der Waals surface area contributed by atoms with E-state index in [1.807, 2.05) is 21.9 Å². The molecular weight excluding hydrogens is 402 g/mol. The predicted octanol–water partition coefficient (Wildman–Crippen LogP) is 3.25. The van der Waals surface area contributed by atoms with Crippen LogP contribution < -0.4 is 4.90 Å². The van der Waals surface area contributed by atoms with Crippen molar-refractivity contribution in [2.45, 2.75) is 57.4 Å². The lowest BCUT2D eigenvalue weighted by atomic mass is 9.49. The average molecular weight is 438 g/mol. The first-order valence-electron chi connectivity index (χ1n) is 12.6. The van der Waals surface area contributed by atoms with Crippen molar-refractivity contribution in [1.82, 2.24) is 9.80 Å². The SMILES string of the molecule is O=C(C1CCCN1C(=O)C12CC3CC(CC(C3)C1)C2)N1CCN(c2ccc(O)cc2)CC1. The molecule has 2 heterocycles. The number of carbonyl (C=O) groups excluding carboxylic acids is 2. The molecule has 32 heavy (non-hydrogen) atoms. The van der Waals surface area contributed by atoms with Crippen molar-refractivity contribution >= 4 is 17.5 Å². The number of likely N-dealkylation sites (tertiary alicyclic amines) is 1. The van der Waals surface area contributed by atoms with Crippen molar-refractivity contribution in [3.8, 4) is 5.75 Å². The number of phenols is 1. The third kappa shape index (κ3) is 3.37. The Labute approximate surface area is 190 Å². The van der Waals surface area contributed by atoms with Gasteiger partial charge in [-0.05, 0) is 93.4 Å². The molecule has 2 aliphatic heterocycles. The number of aromatic hydroxyl groups is 1. The second kappa shape index (κ2) is 7.67. The number of benzene rings is 1. The van der Waals surface area contributed by atoms with Crippen molar-refractivity contribution in [1.29, 1.82) is 0 Å².